The number of aromatic nitrogens is 1. The number of piperidine rings is 1. The lowest BCUT2D eigenvalue weighted by Crippen LogP contribution is -2.44. The minimum absolute atomic E-state index is 0.00986. The molecule has 1 amide bonds. The molecule has 1 aromatic rings. The van der Waals surface area contributed by atoms with Gasteiger partial charge in [0, 0.05) is 25.9 Å². The number of hydrogen-bond acceptors (Lipinski definition) is 4. The van der Waals surface area contributed by atoms with E-state index in [4.69, 9.17) is 4.74 Å². The monoisotopic (exact) mass is 306 g/mol. The van der Waals surface area contributed by atoms with E-state index < -0.39 is 0 Å². The third kappa shape index (κ3) is 3.77. The standard InChI is InChI=1S/C17H26N2O3/c1-4-17(12-20)5-7-19(8-6-17)16(21)14-9-15(11-18-10-14)22-13(2)3/h9-11,13,20H,4-8,12H2,1-3H3. The zero-order valence-electron chi connectivity index (χ0n) is 13.7. The first kappa shape index (κ1) is 16.7. The molecule has 122 valence electrons. The molecular formula is C17H26N2O3. The van der Waals surface area contributed by atoms with Gasteiger partial charge in [0.2, 0.25) is 0 Å². The highest BCUT2D eigenvalue weighted by Crippen LogP contribution is 2.34. The van der Waals surface area contributed by atoms with Gasteiger partial charge in [-0.05, 0) is 44.6 Å². The van der Waals surface area contributed by atoms with Gasteiger partial charge in [-0.2, -0.15) is 0 Å². The molecule has 0 saturated carbocycles. The number of pyridine rings is 1. The number of carbonyl (C=O) groups is 1. The average molecular weight is 306 g/mol. The topological polar surface area (TPSA) is 62.7 Å². The maximum atomic E-state index is 12.6. The van der Waals surface area contributed by atoms with Gasteiger partial charge in [-0.1, -0.05) is 6.92 Å². The smallest absolute Gasteiger partial charge is 0.255 e. The molecule has 0 atom stereocenters. The second-order valence-electron chi connectivity index (χ2n) is 6.38. The van der Waals surface area contributed by atoms with E-state index in [1.54, 1.807) is 18.5 Å². The van der Waals surface area contributed by atoms with Crippen molar-refractivity contribution in [3.05, 3.63) is 24.0 Å². The molecule has 5 heteroatoms. The summed E-state index contributed by atoms with van der Waals surface area (Å²) in [4.78, 5) is 18.5. The summed E-state index contributed by atoms with van der Waals surface area (Å²) < 4.78 is 5.59. The van der Waals surface area contributed by atoms with Crippen LogP contribution in [-0.2, 0) is 0 Å². The van der Waals surface area contributed by atoms with E-state index in [2.05, 4.69) is 11.9 Å². The number of likely N-dealkylation sites (tertiary alicyclic amines) is 1. The Kier molecular flexibility index (Phi) is 5.40. The van der Waals surface area contributed by atoms with Gasteiger partial charge < -0.3 is 14.7 Å². The first-order valence-electron chi connectivity index (χ1n) is 8.01. The van der Waals surface area contributed by atoms with E-state index in [-0.39, 0.29) is 24.0 Å². The van der Waals surface area contributed by atoms with Crippen LogP contribution >= 0.6 is 0 Å². The van der Waals surface area contributed by atoms with E-state index in [9.17, 15) is 9.90 Å². The number of hydrogen-bond donors (Lipinski definition) is 1. The van der Waals surface area contributed by atoms with Gasteiger partial charge >= 0.3 is 0 Å². The molecule has 1 aromatic heterocycles. The van der Waals surface area contributed by atoms with Crippen molar-refractivity contribution in [3.63, 3.8) is 0 Å². The van der Waals surface area contributed by atoms with Crippen LogP contribution in [0.4, 0.5) is 0 Å². The van der Waals surface area contributed by atoms with Crippen molar-refractivity contribution in [1.82, 2.24) is 9.88 Å². The molecule has 1 N–H and O–H groups in total. The Morgan fingerprint density at radius 1 is 1.41 bits per heavy atom. The maximum Gasteiger partial charge on any atom is 0.255 e. The van der Waals surface area contributed by atoms with Crippen molar-refractivity contribution in [3.8, 4) is 5.75 Å². The summed E-state index contributed by atoms with van der Waals surface area (Å²) in [5.74, 6) is 0.612. The Morgan fingerprint density at radius 2 is 2.09 bits per heavy atom. The number of amides is 1. The lowest BCUT2D eigenvalue weighted by molar-refractivity contribution is 0.0337. The fourth-order valence-corrected chi connectivity index (χ4v) is 2.86. The molecule has 2 rings (SSSR count). The lowest BCUT2D eigenvalue weighted by Gasteiger charge is -2.40. The number of rotatable bonds is 5. The molecule has 5 nitrogen and oxygen atoms in total. The SMILES string of the molecule is CCC1(CO)CCN(C(=O)c2cncc(OC(C)C)c2)CC1. The summed E-state index contributed by atoms with van der Waals surface area (Å²) >= 11 is 0. The van der Waals surface area contributed by atoms with Crippen LogP contribution < -0.4 is 4.74 Å². The van der Waals surface area contributed by atoms with Crippen molar-refractivity contribution in [2.75, 3.05) is 19.7 Å². The van der Waals surface area contributed by atoms with E-state index >= 15 is 0 Å². The Balaban J connectivity index is 2.04. The molecule has 1 aliphatic heterocycles. The van der Waals surface area contributed by atoms with Crippen molar-refractivity contribution in [2.45, 2.75) is 46.1 Å². The van der Waals surface area contributed by atoms with Crippen LogP contribution in [0.2, 0.25) is 0 Å². The van der Waals surface area contributed by atoms with E-state index in [0.29, 0.717) is 24.4 Å². The molecule has 1 saturated heterocycles. The molecule has 2 heterocycles. The van der Waals surface area contributed by atoms with Gasteiger partial charge in [-0.15, -0.1) is 0 Å². The molecule has 0 unspecified atom stereocenters. The maximum absolute atomic E-state index is 12.6. The Morgan fingerprint density at radius 3 is 2.64 bits per heavy atom. The molecule has 0 spiro atoms. The number of nitrogens with zero attached hydrogens (tertiary/aromatic N) is 2. The minimum atomic E-state index is -0.0162. The van der Waals surface area contributed by atoms with Crippen LogP contribution in [0.5, 0.6) is 5.75 Å². The molecule has 0 aromatic carbocycles. The number of aliphatic hydroxyl groups is 1. The van der Waals surface area contributed by atoms with E-state index in [1.807, 2.05) is 18.7 Å². The lowest BCUT2D eigenvalue weighted by atomic mass is 9.77. The highest BCUT2D eigenvalue weighted by Gasteiger charge is 2.34. The van der Waals surface area contributed by atoms with Gasteiger partial charge in [0.25, 0.3) is 5.91 Å². The van der Waals surface area contributed by atoms with Gasteiger partial charge in [0.1, 0.15) is 5.75 Å². The normalized spacial score (nSPS) is 17.6. The highest BCUT2D eigenvalue weighted by atomic mass is 16.5. The highest BCUT2D eigenvalue weighted by molar-refractivity contribution is 5.94. The second kappa shape index (κ2) is 7.09. The van der Waals surface area contributed by atoms with Gasteiger partial charge in [0.15, 0.2) is 0 Å². The van der Waals surface area contributed by atoms with Crippen molar-refractivity contribution in [2.24, 2.45) is 5.41 Å². The molecule has 0 radical (unpaired) electrons. The third-order valence-corrected chi connectivity index (χ3v) is 4.53. The second-order valence-corrected chi connectivity index (χ2v) is 6.38. The quantitative estimate of drug-likeness (QED) is 0.908. The third-order valence-electron chi connectivity index (χ3n) is 4.53. The summed E-state index contributed by atoms with van der Waals surface area (Å²) in [6, 6.07) is 1.75. The van der Waals surface area contributed by atoms with Crippen molar-refractivity contribution >= 4 is 5.91 Å². The van der Waals surface area contributed by atoms with Crippen LogP contribution in [0.3, 0.4) is 0 Å². The van der Waals surface area contributed by atoms with Crippen molar-refractivity contribution < 1.29 is 14.6 Å². The van der Waals surface area contributed by atoms with Crippen LogP contribution in [0.1, 0.15) is 50.4 Å². The van der Waals surface area contributed by atoms with Crippen LogP contribution in [0.15, 0.2) is 18.5 Å². The summed E-state index contributed by atoms with van der Waals surface area (Å²) in [7, 11) is 0. The van der Waals surface area contributed by atoms with E-state index in [1.165, 1.54) is 0 Å². The fourth-order valence-electron chi connectivity index (χ4n) is 2.86. The van der Waals surface area contributed by atoms with Crippen molar-refractivity contribution in [1.29, 1.82) is 0 Å². The summed E-state index contributed by atoms with van der Waals surface area (Å²) in [6.45, 7) is 7.55. The number of carbonyl (C=O) groups excluding carboxylic acids is 1. The zero-order valence-corrected chi connectivity index (χ0v) is 13.7. The molecule has 0 bridgehead atoms. The Bertz CT molecular complexity index is 502. The molecule has 1 aliphatic rings. The summed E-state index contributed by atoms with van der Waals surface area (Å²) in [5, 5.41) is 9.57. The number of aliphatic hydroxyl groups excluding tert-OH is 1. The summed E-state index contributed by atoms with van der Waals surface area (Å²) in [5.41, 5.74) is 0.545. The predicted octanol–water partition coefficient (Wildman–Crippen LogP) is 2.49. The molecule has 1 fully saturated rings. The Labute approximate surface area is 132 Å². The zero-order chi connectivity index (χ0) is 16.2. The first-order valence-corrected chi connectivity index (χ1v) is 8.01. The fraction of sp³-hybridized carbons (Fsp3) is 0.647. The van der Waals surface area contributed by atoms with Gasteiger partial charge in [-0.25, -0.2) is 0 Å². The molecular weight excluding hydrogens is 280 g/mol. The first-order chi connectivity index (χ1) is 10.5. The predicted molar refractivity (Wildman–Crippen MR) is 84.9 cm³/mol. The summed E-state index contributed by atoms with van der Waals surface area (Å²) in [6.07, 6.45) is 5.91. The molecule has 0 aliphatic carbocycles. The van der Waals surface area contributed by atoms with Gasteiger partial charge in [-0.3, -0.25) is 9.78 Å². The van der Waals surface area contributed by atoms with Crippen LogP contribution in [0, 0.1) is 5.41 Å². The van der Waals surface area contributed by atoms with Gasteiger partial charge in [0.05, 0.1) is 17.9 Å². The van der Waals surface area contributed by atoms with Crippen LogP contribution in [0.25, 0.3) is 0 Å². The van der Waals surface area contributed by atoms with E-state index in [0.717, 1.165) is 19.3 Å². The molecule has 22 heavy (non-hydrogen) atoms. The average Bonchev–Trinajstić information content (AvgIpc) is 2.54. The minimum Gasteiger partial charge on any atom is -0.489 e. The number of ether oxygens (including phenoxy) is 1. The Hall–Kier alpha value is -1.62. The van der Waals surface area contributed by atoms with Crippen LogP contribution in [-0.4, -0.2) is 46.7 Å². The largest absolute Gasteiger partial charge is 0.489 e.